The number of rotatable bonds is 7. The van der Waals surface area contributed by atoms with Crippen LogP contribution in [0.4, 0.5) is 5.69 Å². The van der Waals surface area contributed by atoms with Crippen LogP contribution in [0.5, 0.6) is 5.75 Å². The molecule has 1 atom stereocenters. The summed E-state index contributed by atoms with van der Waals surface area (Å²) in [6.07, 6.45) is 1.18. The maximum atomic E-state index is 5.51. The third-order valence-electron chi connectivity index (χ3n) is 4.80. The van der Waals surface area contributed by atoms with Crippen molar-refractivity contribution in [2.24, 2.45) is 10.9 Å². The van der Waals surface area contributed by atoms with Gasteiger partial charge in [-0.3, -0.25) is 0 Å². The summed E-state index contributed by atoms with van der Waals surface area (Å²) in [5.41, 5.74) is 1.19. The highest BCUT2D eigenvalue weighted by atomic mass is 32.1. The third-order valence-corrected chi connectivity index (χ3v) is 5.79. The van der Waals surface area contributed by atoms with Crippen molar-refractivity contribution in [1.82, 2.24) is 10.6 Å². The molecular weight excluding hydrogens is 356 g/mol. The molecular formula is C21H30N4OS. The van der Waals surface area contributed by atoms with Crippen LogP contribution in [-0.4, -0.2) is 39.2 Å². The normalized spacial score (nSPS) is 17.2. The maximum absolute atomic E-state index is 5.51. The van der Waals surface area contributed by atoms with Crippen LogP contribution in [0.2, 0.25) is 0 Å². The molecule has 1 aromatic carbocycles. The summed E-state index contributed by atoms with van der Waals surface area (Å²) in [5, 5.41) is 6.88. The highest BCUT2D eigenvalue weighted by Gasteiger charge is 2.24. The number of hydrogen-bond donors (Lipinski definition) is 2. The average molecular weight is 387 g/mol. The zero-order chi connectivity index (χ0) is 19.1. The number of thiophene rings is 1. The van der Waals surface area contributed by atoms with E-state index in [1.165, 1.54) is 21.9 Å². The molecule has 0 radical (unpaired) electrons. The molecule has 0 amide bonds. The zero-order valence-corrected chi connectivity index (χ0v) is 17.3. The summed E-state index contributed by atoms with van der Waals surface area (Å²) in [6.45, 7) is 8.87. The van der Waals surface area contributed by atoms with E-state index in [2.05, 4.69) is 53.6 Å². The Morgan fingerprint density at radius 1 is 1.26 bits per heavy atom. The van der Waals surface area contributed by atoms with Gasteiger partial charge in [-0.25, -0.2) is 4.99 Å². The average Bonchev–Trinajstić information content (AvgIpc) is 3.33. The first kappa shape index (κ1) is 19.5. The molecule has 1 unspecified atom stereocenters. The molecule has 3 rings (SSSR count). The molecule has 2 aromatic rings. The molecule has 0 bridgehead atoms. The first-order valence-electron chi connectivity index (χ1n) is 9.65. The van der Waals surface area contributed by atoms with Gasteiger partial charge in [0, 0.05) is 35.9 Å². The van der Waals surface area contributed by atoms with Crippen molar-refractivity contribution in [3.05, 3.63) is 46.2 Å². The quantitative estimate of drug-likeness (QED) is 0.563. The monoisotopic (exact) mass is 386 g/mol. The Labute approximate surface area is 166 Å². The van der Waals surface area contributed by atoms with Crippen molar-refractivity contribution in [3.8, 4) is 5.75 Å². The Kier molecular flexibility index (Phi) is 6.98. The lowest BCUT2D eigenvalue weighted by atomic mass is 10.1. The number of anilines is 1. The van der Waals surface area contributed by atoms with Crippen molar-refractivity contribution in [2.75, 3.05) is 38.2 Å². The van der Waals surface area contributed by atoms with Gasteiger partial charge < -0.3 is 20.3 Å². The van der Waals surface area contributed by atoms with Gasteiger partial charge in [0.1, 0.15) is 5.75 Å². The lowest BCUT2D eigenvalue weighted by Gasteiger charge is -2.21. The van der Waals surface area contributed by atoms with Gasteiger partial charge in [0.2, 0.25) is 0 Å². The van der Waals surface area contributed by atoms with Gasteiger partial charge in [-0.2, -0.15) is 0 Å². The van der Waals surface area contributed by atoms with Crippen molar-refractivity contribution in [2.45, 2.75) is 26.8 Å². The Balaban J connectivity index is 1.53. The molecule has 0 saturated carbocycles. The molecule has 1 aliphatic rings. The highest BCUT2D eigenvalue weighted by Crippen LogP contribution is 2.31. The minimum absolute atomic E-state index is 0.600. The SMILES string of the molecule is CCNC(=NCc1ccc(C)s1)NCC1CCN(c2ccccc2OC)C1. The topological polar surface area (TPSA) is 48.9 Å². The minimum atomic E-state index is 0.600. The van der Waals surface area contributed by atoms with Crippen LogP contribution in [0, 0.1) is 12.8 Å². The molecule has 0 aliphatic carbocycles. The number of benzene rings is 1. The van der Waals surface area contributed by atoms with Gasteiger partial charge in [0.15, 0.2) is 5.96 Å². The fourth-order valence-corrected chi connectivity index (χ4v) is 4.23. The van der Waals surface area contributed by atoms with Gasteiger partial charge in [-0.15, -0.1) is 11.3 Å². The molecule has 1 aliphatic heterocycles. The van der Waals surface area contributed by atoms with Crippen LogP contribution in [0.25, 0.3) is 0 Å². The number of nitrogens with one attached hydrogen (secondary N) is 2. The predicted octanol–water partition coefficient (Wildman–Crippen LogP) is 3.65. The number of ether oxygens (including phenoxy) is 1. The van der Waals surface area contributed by atoms with E-state index in [1.807, 2.05) is 23.5 Å². The standard InChI is InChI=1S/C21H30N4OS/c1-4-22-21(24-14-18-10-9-16(2)27-18)23-13-17-11-12-25(15-17)19-7-5-6-8-20(19)26-3/h5-10,17H,4,11-15H2,1-3H3,(H2,22,23,24). The van der Waals surface area contributed by atoms with Crippen LogP contribution >= 0.6 is 11.3 Å². The molecule has 27 heavy (non-hydrogen) atoms. The van der Waals surface area contributed by atoms with Crippen LogP contribution in [-0.2, 0) is 6.54 Å². The minimum Gasteiger partial charge on any atom is -0.495 e. The summed E-state index contributed by atoms with van der Waals surface area (Å²) in [4.78, 5) is 9.79. The second-order valence-electron chi connectivity index (χ2n) is 6.86. The van der Waals surface area contributed by atoms with Gasteiger partial charge in [-0.05, 0) is 50.5 Å². The van der Waals surface area contributed by atoms with E-state index in [4.69, 9.17) is 9.73 Å². The van der Waals surface area contributed by atoms with Gasteiger partial charge in [0.05, 0.1) is 19.3 Å². The zero-order valence-electron chi connectivity index (χ0n) is 16.5. The van der Waals surface area contributed by atoms with Crippen LogP contribution in [0.3, 0.4) is 0 Å². The fourth-order valence-electron chi connectivity index (χ4n) is 3.42. The molecule has 1 fully saturated rings. The second-order valence-corrected chi connectivity index (χ2v) is 8.23. The van der Waals surface area contributed by atoms with E-state index < -0.39 is 0 Å². The number of guanidine groups is 1. The Hall–Kier alpha value is -2.21. The van der Waals surface area contributed by atoms with Crippen LogP contribution in [0.15, 0.2) is 41.4 Å². The fraction of sp³-hybridized carbons (Fsp3) is 0.476. The van der Waals surface area contributed by atoms with E-state index in [0.717, 1.165) is 44.4 Å². The maximum Gasteiger partial charge on any atom is 0.191 e. The van der Waals surface area contributed by atoms with Gasteiger partial charge >= 0.3 is 0 Å². The first-order chi connectivity index (χ1) is 13.2. The molecule has 2 N–H and O–H groups in total. The lowest BCUT2D eigenvalue weighted by molar-refractivity contribution is 0.414. The van der Waals surface area contributed by atoms with E-state index in [9.17, 15) is 0 Å². The summed E-state index contributed by atoms with van der Waals surface area (Å²) >= 11 is 1.81. The first-order valence-corrected chi connectivity index (χ1v) is 10.5. The number of hydrogen-bond acceptors (Lipinski definition) is 4. The molecule has 1 saturated heterocycles. The smallest absolute Gasteiger partial charge is 0.191 e. The second kappa shape index (κ2) is 9.65. The van der Waals surface area contributed by atoms with Crippen LogP contribution in [0.1, 0.15) is 23.1 Å². The van der Waals surface area contributed by atoms with E-state index in [-0.39, 0.29) is 0 Å². The summed E-state index contributed by atoms with van der Waals surface area (Å²) in [7, 11) is 1.74. The van der Waals surface area contributed by atoms with E-state index in [0.29, 0.717) is 5.92 Å². The lowest BCUT2D eigenvalue weighted by Crippen LogP contribution is -2.40. The van der Waals surface area contributed by atoms with Gasteiger partial charge in [0.25, 0.3) is 0 Å². The molecule has 6 heteroatoms. The van der Waals surface area contributed by atoms with E-state index >= 15 is 0 Å². The Morgan fingerprint density at radius 2 is 2.11 bits per heavy atom. The molecule has 2 heterocycles. The third kappa shape index (κ3) is 5.39. The summed E-state index contributed by atoms with van der Waals surface area (Å²) in [6, 6.07) is 12.6. The number of para-hydroxylation sites is 2. The predicted molar refractivity (Wildman–Crippen MR) is 115 cm³/mol. The molecule has 5 nitrogen and oxygen atoms in total. The molecule has 0 spiro atoms. The Bertz CT molecular complexity index is 758. The van der Waals surface area contributed by atoms with Crippen molar-refractivity contribution < 1.29 is 4.74 Å². The van der Waals surface area contributed by atoms with Crippen LogP contribution < -0.4 is 20.3 Å². The largest absolute Gasteiger partial charge is 0.495 e. The van der Waals surface area contributed by atoms with E-state index in [1.54, 1.807) is 7.11 Å². The number of methoxy groups -OCH3 is 1. The molecule has 1 aromatic heterocycles. The number of nitrogens with zero attached hydrogens (tertiary/aromatic N) is 2. The molecule has 146 valence electrons. The number of aliphatic imine (C=N–C) groups is 1. The Morgan fingerprint density at radius 3 is 2.85 bits per heavy atom. The van der Waals surface area contributed by atoms with Gasteiger partial charge in [-0.1, -0.05) is 12.1 Å². The van der Waals surface area contributed by atoms with Crippen molar-refractivity contribution >= 4 is 23.0 Å². The number of aryl methyl sites for hydroxylation is 1. The van der Waals surface area contributed by atoms with Crippen molar-refractivity contribution in [1.29, 1.82) is 0 Å². The summed E-state index contributed by atoms with van der Waals surface area (Å²) < 4.78 is 5.51. The van der Waals surface area contributed by atoms with Crippen molar-refractivity contribution in [3.63, 3.8) is 0 Å². The summed E-state index contributed by atoms with van der Waals surface area (Å²) in [5.74, 6) is 2.45. The highest BCUT2D eigenvalue weighted by molar-refractivity contribution is 7.11.